The zero-order chi connectivity index (χ0) is 11.8. The minimum atomic E-state index is -0.476. The number of nitro groups is 1. The van der Waals surface area contributed by atoms with E-state index in [2.05, 4.69) is 17.2 Å². The van der Waals surface area contributed by atoms with Crippen LogP contribution in [-0.2, 0) is 0 Å². The zero-order valence-corrected chi connectivity index (χ0v) is 8.90. The Balaban J connectivity index is 2.61. The predicted molar refractivity (Wildman–Crippen MR) is 60.3 cm³/mol. The van der Waals surface area contributed by atoms with Crippen LogP contribution in [-0.4, -0.2) is 25.1 Å². The fourth-order valence-electron chi connectivity index (χ4n) is 1.05. The molecule has 0 unspecified atom stereocenters. The fourth-order valence-corrected chi connectivity index (χ4v) is 1.05. The van der Waals surface area contributed by atoms with E-state index in [-0.39, 0.29) is 18.0 Å². The first kappa shape index (κ1) is 12.0. The van der Waals surface area contributed by atoms with E-state index in [1.807, 2.05) is 0 Å². The summed E-state index contributed by atoms with van der Waals surface area (Å²) in [7, 11) is 1.79. The summed E-state index contributed by atoms with van der Waals surface area (Å²) in [5.74, 6) is 5.78. The van der Waals surface area contributed by atoms with Gasteiger partial charge in [0, 0.05) is 6.07 Å². The van der Waals surface area contributed by atoms with Gasteiger partial charge in [-0.1, -0.05) is 24.0 Å². The molecular formula is C11H12N2O3. The largest absolute Gasteiger partial charge is 0.474 e. The topological polar surface area (TPSA) is 64.4 Å². The van der Waals surface area contributed by atoms with Gasteiger partial charge in [-0.15, -0.1) is 0 Å². The van der Waals surface area contributed by atoms with Crippen molar-refractivity contribution < 1.29 is 9.66 Å². The number of para-hydroxylation sites is 2. The lowest BCUT2D eigenvalue weighted by atomic mass is 10.3. The molecule has 0 aliphatic carbocycles. The van der Waals surface area contributed by atoms with Gasteiger partial charge in [-0.3, -0.25) is 10.1 Å². The molecule has 0 bridgehead atoms. The van der Waals surface area contributed by atoms with Crippen LogP contribution < -0.4 is 10.1 Å². The number of rotatable bonds is 4. The summed E-state index contributed by atoms with van der Waals surface area (Å²) < 4.78 is 5.20. The van der Waals surface area contributed by atoms with E-state index >= 15 is 0 Å². The maximum absolute atomic E-state index is 10.6. The second kappa shape index (κ2) is 6.43. The molecule has 84 valence electrons. The Morgan fingerprint density at radius 1 is 1.44 bits per heavy atom. The SMILES string of the molecule is CNCC#CCOc1ccccc1[N+](=O)[O-]. The summed E-state index contributed by atoms with van der Waals surface area (Å²) in [4.78, 5) is 10.2. The lowest BCUT2D eigenvalue weighted by molar-refractivity contribution is -0.385. The molecule has 16 heavy (non-hydrogen) atoms. The third-order valence-corrected chi connectivity index (χ3v) is 1.75. The lowest BCUT2D eigenvalue weighted by Gasteiger charge is -2.01. The molecule has 1 aromatic carbocycles. The highest BCUT2D eigenvalue weighted by Crippen LogP contribution is 2.25. The van der Waals surface area contributed by atoms with Crippen molar-refractivity contribution >= 4 is 5.69 Å². The number of benzene rings is 1. The summed E-state index contributed by atoms with van der Waals surface area (Å²) in [6, 6.07) is 6.23. The first-order chi connectivity index (χ1) is 7.75. The van der Waals surface area contributed by atoms with E-state index in [1.165, 1.54) is 6.07 Å². The van der Waals surface area contributed by atoms with Gasteiger partial charge >= 0.3 is 5.69 Å². The van der Waals surface area contributed by atoms with Crippen molar-refractivity contribution in [3.8, 4) is 17.6 Å². The first-order valence-corrected chi connectivity index (χ1v) is 4.72. The normalized spacial score (nSPS) is 9.06. The molecule has 0 spiro atoms. The third kappa shape index (κ3) is 3.59. The summed E-state index contributed by atoms with van der Waals surface area (Å²) >= 11 is 0. The van der Waals surface area contributed by atoms with Gasteiger partial charge in [0.25, 0.3) is 0 Å². The van der Waals surface area contributed by atoms with Crippen LogP contribution in [0.25, 0.3) is 0 Å². The van der Waals surface area contributed by atoms with E-state index in [9.17, 15) is 10.1 Å². The molecule has 0 aromatic heterocycles. The van der Waals surface area contributed by atoms with Gasteiger partial charge in [0.2, 0.25) is 0 Å². The van der Waals surface area contributed by atoms with Crippen LogP contribution in [0.4, 0.5) is 5.69 Å². The smallest absolute Gasteiger partial charge is 0.310 e. The summed E-state index contributed by atoms with van der Waals surface area (Å²) in [6.07, 6.45) is 0. The first-order valence-electron chi connectivity index (χ1n) is 4.72. The fraction of sp³-hybridized carbons (Fsp3) is 0.273. The van der Waals surface area contributed by atoms with Gasteiger partial charge in [0.1, 0.15) is 6.61 Å². The van der Waals surface area contributed by atoms with Crippen molar-refractivity contribution in [1.29, 1.82) is 0 Å². The molecule has 0 aliphatic rings. The Kier molecular flexibility index (Phi) is 4.83. The van der Waals surface area contributed by atoms with Gasteiger partial charge in [-0.2, -0.15) is 0 Å². The Bertz CT molecular complexity index is 421. The summed E-state index contributed by atoms with van der Waals surface area (Å²) in [6.45, 7) is 0.715. The Morgan fingerprint density at radius 3 is 2.88 bits per heavy atom. The van der Waals surface area contributed by atoms with Gasteiger partial charge in [0.05, 0.1) is 11.5 Å². The highest BCUT2D eigenvalue weighted by atomic mass is 16.6. The molecule has 0 heterocycles. The van der Waals surface area contributed by atoms with Crippen LogP contribution >= 0.6 is 0 Å². The second-order valence-electron chi connectivity index (χ2n) is 2.90. The molecule has 0 saturated heterocycles. The monoisotopic (exact) mass is 220 g/mol. The van der Waals surface area contributed by atoms with E-state index in [0.717, 1.165) is 0 Å². The van der Waals surface area contributed by atoms with Gasteiger partial charge < -0.3 is 10.1 Å². The average Bonchev–Trinajstić information content (AvgIpc) is 2.29. The van der Waals surface area contributed by atoms with Crippen LogP contribution in [0.3, 0.4) is 0 Å². The standard InChI is InChI=1S/C11H12N2O3/c1-12-8-4-5-9-16-11-7-3-2-6-10(11)13(14)15/h2-3,6-7,12H,8-9H2,1H3. The molecule has 0 amide bonds. The molecule has 1 N–H and O–H groups in total. The summed E-state index contributed by atoms with van der Waals surface area (Å²) in [5.41, 5.74) is -0.0436. The predicted octanol–water partition coefficient (Wildman–Crippen LogP) is 1.20. The van der Waals surface area contributed by atoms with Crippen molar-refractivity contribution in [1.82, 2.24) is 5.32 Å². The highest BCUT2D eigenvalue weighted by molar-refractivity contribution is 5.45. The minimum Gasteiger partial charge on any atom is -0.474 e. The van der Waals surface area contributed by atoms with Crippen LogP contribution in [0.15, 0.2) is 24.3 Å². The average molecular weight is 220 g/mol. The molecular weight excluding hydrogens is 208 g/mol. The number of nitrogens with zero attached hydrogens (tertiary/aromatic N) is 1. The Morgan fingerprint density at radius 2 is 2.19 bits per heavy atom. The second-order valence-corrected chi connectivity index (χ2v) is 2.90. The van der Waals surface area contributed by atoms with Gasteiger partial charge in [-0.25, -0.2) is 0 Å². The Labute approximate surface area is 93.6 Å². The molecule has 5 heteroatoms. The Hall–Kier alpha value is -2.06. The molecule has 1 aromatic rings. The molecule has 5 nitrogen and oxygen atoms in total. The van der Waals surface area contributed by atoms with E-state index in [0.29, 0.717) is 6.54 Å². The highest BCUT2D eigenvalue weighted by Gasteiger charge is 2.12. The third-order valence-electron chi connectivity index (χ3n) is 1.75. The molecule has 1 rings (SSSR count). The summed E-state index contributed by atoms with van der Waals surface area (Å²) in [5, 5.41) is 13.5. The minimum absolute atomic E-state index is 0.0436. The quantitative estimate of drug-likeness (QED) is 0.470. The van der Waals surface area contributed by atoms with Crippen molar-refractivity contribution in [2.45, 2.75) is 0 Å². The molecule has 0 fully saturated rings. The van der Waals surface area contributed by atoms with Crippen LogP contribution in [0.1, 0.15) is 0 Å². The van der Waals surface area contributed by atoms with Gasteiger partial charge in [-0.05, 0) is 13.1 Å². The number of hydrogen-bond donors (Lipinski definition) is 1. The van der Waals surface area contributed by atoms with Crippen LogP contribution in [0.2, 0.25) is 0 Å². The number of nitrogens with one attached hydrogen (secondary N) is 1. The van der Waals surface area contributed by atoms with Crippen LogP contribution in [0.5, 0.6) is 5.75 Å². The van der Waals surface area contributed by atoms with Crippen molar-refractivity contribution in [2.24, 2.45) is 0 Å². The number of ether oxygens (including phenoxy) is 1. The molecule has 0 radical (unpaired) electrons. The van der Waals surface area contributed by atoms with E-state index in [4.69, 9.17) is 4.74 Å². The number of hydrogen-bond acceptors (Lipinski definition) is 4. The van der Waals surface area contributed by atoms with E-state index < -0.39 is 4.92 Å². The van der Waals surface area contributed by atoms with Crippen molar-refractivity contribution in [2.75, 3.05) is 20.2 Å². The molecule has 0 saturated carbocycles. The molecule has 0 aliphatic heterocycles. The zero-order valence-electron chi connectivity index (χ0n) is 8.90. The number of nitro benzene ring substituents is 1. The lowest BCUT2D eigenvalue weighted by Crippen LogP contribution is -2.05. The van der Waals surface area contributed by atoms with Crippen molar-refractivity contribution in [3.63, 3.8) is 0 Å². The van der Waals surface area contributed by atoms with Gasteiger partial charge in [0.15, 0.2) is 5.75 Å². The maximum atomic E-state index is 10.6. The molecule has 0 atom stereocenters. The van der Waals surface area contributed by atoms with E-state index in [1.54, 1.807) is 25.2 Å². The van der Waals surface area contributed by atoms with Crippen molar-refractivity contribution in [3.05, 3.63) is 34.4 Å². The maximum Gasteiger partial charge on any atom is 0.310 e. The van der Waals surface area contributed by atoms with Crippen LogP contribution in [0, 0.1) is 22.0 Å².